The van der Waals surface area contributed by atoms with Gasteiger partial charge in [0.15, 0.2) is 11.5 Å². The van der Waals surface area contributed by atoms with Crippen molar-refractivity contribution < 1.29 is 14.7 Å². The van der Waals surface area contributed by atoms with E-state index in [4.69, 9.17) is 9.94 Å². The Morgan fingerprint density at radius 2 is 2.11 bits per heavy atom. The van der Waals surface area contributed by atoms with Crippen molar-refractivity contribution in [3.8, 4) is 5.75 Å². The van der Waals surface area contributed by atoms with Gasteiger partial charge in [-0.1, -0.05) is 37.2 Å². The number of para-hydroxylation sites is 1. The molecule has 0 saturated carbocycles. The second-order valence-corrected chi connectivity index (χ2v) is 4.00. The molecule has 0 saturated heterocycles. The highest BCUT2D eigenvalue weighted by molar-refractivity contribution is 6.35. The van der Waals surface area contributed by atoms with Crippen LogP contribution in [-0.4, -0.2) is 29.9 Å². The maximum absolute atomic E-state index is 10.8. The van der Waals surface area contributed by atoms with Crippen LogP contribution in [0.2, 0.25) is 0 Å². The summed E-state index contributed by atoms with van der Waals surface area (Å²) in [6.45, 7) is 5.54. The van der Waals surface area contributed by atoms with Crippen LogP contribution < -0.4 is 10.2 Å². The third-order valence-electron chi connectivity index (χ3n) is 2.63. The maximum atomic E-state index is 10.8. The Labute approximate surface area is 113 Å². The molecule has 0 unspecified atom stereocenters. The Morgan fingerprint density at radius 3 is 2.74 bits per heavy atom. The molecule has 0 aliphatic carbocycles. The first-order chi connectivity index (χ1) is 9.19. The molecule has 0 amide bonds. The molecule has 0 aromatic heterocycles. The molecular formula is C14H20N2O3. The van der Waals surface area contributed by atoms with Crippen LogP contribution in [0.3, 0.4) is 0 Å². The average molecular weight is 264 g/mol. The van der Waals surface area contributed by atoms with E-state index in [1.807, 2.05) is 25.1 Å². The molecular weight excluding hydrogens is 244 g/mol. The molecule has 1 aromatic carbocycles. The van der Waals surface area contributed by atoms with Crippen molar-refractivity contribution in [1.82, 2.24) is 5.32 Å². The summed E-state index contributed by atoms with van der Waals surface area (Å²) in [7, 11) is 0. The number of oxime groups is 1. The monoisotopic (exact) mass is 264 g/mol. The number of likely N-dealkylation sites (N-methyl/N-ethyl adjacent to an activating group) is 1. The zero-order chi connectivity index (χ0) is 14.1. The number of carboxylic acids is 1. The molecule has 0 spiro atoms. The lowest BCUT2D eigenvalue weighted by Crippen LogP contribution is -2.16. The van der Waals surface area contributed by atoms with Gasteiger partial charge in [-0.05, 0) is 37.6 Å². The topological polar surface area (TPSA) is 70.9 Å². The minimum atomic E-state index is -1.05. The average Bonchev–Trinajstić information content (AvgIpc) is 2.41. The van der Waals surface area contributed by atoms with Crippen LogP contribution in [0.15, 0.2) is 29.4 Å². The first-order valence-corrected chi connectivity index (χ1v) is 6.44. The van der Waals surface area contributed by atoms with Gasteiger partial charge in [0.2, 0.25) is 0 Å². The Hall–Kier alpha value is -1.88. The number of aliphatic carboxylic acids is 1. The van der Waals surface area contributed by atoms with Crippen LogP contribution in [-0.2, 0) is 11.2 Å². The largest absolute Gasteiger partial charge is 0.477 e. The van der Waals surface area contributed by atoms with Gasteiger partial charge in [-0.15, -0.1) is 0 Å². The van der Waals surface area contributed by atoms with E-state index in [-0.39, 0.29) is 5.71 Å². The van der Waals surface area contributed by atoms with Gasteiger partial charge in [-0.2, -0.15) is 0 Å². The number of benzene rings is 1. The molecule has 5 heteroatoms. The molecule has 0 atom stereocenters. The van der Waals surface area contributed by atoms with Crippen molar-refractivity contribution in [3.05, 3.63) is 29.8 Å². The minimum absolute atomic E-state index is 0.0153. The van der Waals surface area contributed by atoms with Gasteiger partial charge in [0.05, 0.1) is 0 Å². The van der Waals surface area contributed by atoms with Crippen LogP contribution in [0.4, 0.5) is 0 Å². The zero-order valence-electron chi connectivity index (χ0n) is 11.3. The molecule has 2 N–H and O–H groups in total. The summed E-state index contributed by atoms with van der Waals surface area (Å²) in [4.78, 5) is 16.1. The van der Waals surface area contributed by atoms with E-state index in [1.54, 1.807) is 13.0 Å². The van der Waals surface area contributed by atoms with Gasteiger partial charge in [0.25, 0.3) is 0 Å². The first kappa shape index (κ1) is 15.2. The van der Waals surface area contributed by atoms with Gasteiger partial charge in [-0.3, -0.25) is 0 Å². The molecule has 0 radical (unpaired) electrons. The lowest BCUT2D eigenvalue weighted by molar-refractivity contribution is -0.129. The quantitative estimate of drug-likeness (QED) is 0.428. The molecule has 104 valence electrons. The fraction of sp³-hybridized carbons (Fsp3) is 0.429. The standard InChI is InChI=1S/C14H20N2O3/c1-3-12(14(17)18)16-19-13-8-6-5-7-11(13)9-10-15-4-2/h5-8,15H,3-4,9-10H2,1-2H3,(H,17,18). The van der Waals surface area contributed by atoms with Gasteiger partial charge in [0, 0.05) is 0 Å². The van der Waals surface area contributed by atoms with Crippen molar-refractivity contribution in [2.24, 2.45) is 5.16 Å². The Morgan fingerprint density at radius 1 is 1.37 bits per heavy atom. The fourth-order valence-corrected chi connectivity index (χ4v) is 1.56. The second-order valence-electron chi connectivity index (χ2n) is 4.00. The van der Waals surface area contributed by atoms with E-state index in [1.165, 1.54) is 0 Å². The smallest absolute Gasteiger partial charge is 0.353 e. The van der Waals surface area contributed by atoms with E-state index < -0.39 is 5.97 Å². The molecule has 0 heterocycles. The third kappa shape index (κ3) is 5.09. The Balaban J connectivity index is 2.74. The number of carbonyl (C=O) groups is 1. The predicted octanol–water partition coefficient (Wildman–Crippen LogP) is 2.07. The molecule has 0 fully saturated rings. The number of hydrogen-bond acceptors (Lipinski definition) is 4. The van der Waals surface area contributed by atoms with Gasteiger partial charge in [-0.25, -0.2) is 4.79 Å². The van der Waals surface area contributed by atoms with Crippen molar-refractivity contribution in [2.45, 2.75) is 26.7 Å². The number of rotatable bonds is 8. The van der Waals surface area contributed by atoms with E-state index in [0.717, 1.165) is 25.1 Å². The highest BCUT2D eigenvalue weighted by Crippen LogP contribution is 2.18. The highest BCUT2D eigenvalue weighted by Gasteiger charge is 2.08. The number of nitrogens with one attached hydrogen (secondary N) is 1. The molecule has 0 bridgehead atoms. The minimum Gasteiger partial charge on any atom is -0.477 e. The molecule has 1 aromatic rings. The van der Waals surface area contributed by atoms with Crippen molar-refractivity contribution in [1.29, 1.82) is 0 Å². The van der Waals surface area contributed by atoms with Crippen LogP contribution in [0, 0.1) is 0 Å². The summed E-state index contributed by atoms with van der Waals surface area (Å²) in [5, 5.41) is 15.8. The SMILES string of the molecule is CCNCCc1ccccc1ON=C(CC)C(=O)O. The number of hydrogen-bond donors (Lipinski definition) is 2. The van der Waals surface area contributed by atoms with E-state index in [2.05, 4.69) is 10.5 Å². The van der Waals surface area contributed by atoms with Gasteiger partial charge >= 0.3 is 5.97 Å². The van der Waals surface area contributed by atoms with Crippen molar-refractivity contribution in [3.63, 3.8) is 0 Å². The molecule has 1 rings (SSSR count). The lowest BCUT2D eigenvalue weighted by atomic mass is 10.1. The van der Waals surface area contributed by atoms with Gasteiger partial charge < -0.3 is 15.3 Å². The van der Waals surface area contributed by atoms with E-state index in [0.29, 0.717) is 12.2 Å². The summed E-state index contributed by atoms with van der Waals surface area (Å²) in [6, 6.07) is 7.51. The van der Waals surface area contributed by atoms with E-state index in [9.17, 15) is 4.79 Å². The first-order valence-electron chi connectivity index (χ1n) is 6.44. The predicted molar refractivity (Wildman–Crippen MR) is 74.7 cm³/mol. The molecule has 0 aliphatic rings. The summed E-state index contributed by atoms with van der Waals surface area (Å²) in [6.07, 6.45) is 1.14. The van der Waals surface area contributed by atoms with E-state index >= 15 is 0 Å². The molecule has 19 heavy (non-hydrogen) atoms. The second kappa shape index (κ2) is 8.26. The highest BCUT2D eigenvalue weighted by atomic mass is 16.6. The zero-order valence-corrected chi connectivity index (χ0v) is 11.3. The van der Waals surface area contributed by atoms with Gasteiger partial charge in [0.1, 0.15) is 0 Å². The maximum Gasteiger partial charge on any atom is 0.353 e. The number of nitrogens with zero attached hydrogens (tertiary/aromatic N) is 1. The lowest BCUT2D eigenvalue weighted by Gasteiger charge is -2.07. The third-order valence-corrected chi connectivity index (χ3v) is 2.63. The summed E-state index contributed by atoms with van der Waals surface area (Å²) in [5.41, 5.74) is 1.02. The van der Waals surface area contributed by atoms with Crippen molar-refractivity contribution in [2.75, 3.05) is 13.1 Å². The molecule has 0 aliphatic heterocycles. The summed E-state index contributed by atoms with van der Waals surface area (Å²) >= 11 is 0. The van der Waals surface area contributed by atoms with Crippen LogP contribution >= 0.6 is 0 Å². The van der Waals surface area contributed by atoms with Crippen molar-refractivity contribution >= 4 is 11.7 Å². The van der Waals surface area contributed by atoms with Crippen LogP contribution in [0.25, 0.3) is 0 Å². The van der Waals surface area contributed by atoms with Crippen LogP contribution in [0.1, 0.15) is 25.8 Å². The van der Waals surface area contributed by atoms with Crippen LogP contribution in [0.5, 0.6) is 5.75 Å². The Kier molecular flexibility index (Phi) is 6.60. The normalized spacial score (nSPS) is 11.4. The molecule has 5 nitrogen and oxygen atoms in total. The summed E-state index contributed by atoms with van der Waals surface area (Å²) in [5.74, 6) is -0.444. The summed E-state index contributed by atoms with van der Waals surface area (Å²) < 4.78 is 0. The Bertz CT molecular complexity index is 444. The fourth-order valence-electron chi connectivity index (χ4n) is 1.56. The number of carboxylic acid groups (broad SMARTS) is 1.